The standard InChI is InChI=1S/C37H46N4O13/c1-54-35(48)29(17-9-11-23-41(53)33(45)21-19-27-14-6-3-7-15-27)39-31(43)25-37(51,36(49)50)24-30(42)38-28(34(46)47)16-8-10-22-40(52)32(44)20-18-26-12-4-2-5-13-26/h2-7,12-15,18-21,28-29,51-53H,8-11,16-17,22-25H2,1H3,(H,38,42)(H,39,43)(H,46,47)(H,49,50)/t28?,29-,37?/m0/s1. The molecule has 0 aliphatic heterocycles. The number of rotatable bonds is 23. The van der Waals surface area contributed by atoms with E-state index in [1.807, 2.05) is 6.07 Å². The van der Waals surface area contributed by atoms with Crippen molar-refractivity contribution in [2.45, 2.75) is 69.1 Å². The molecule has 17 heteroatoms. The highest BCUT2D eigenvalue weighted by Gasteiger charge is 2.42. The van der Waals surface area contributed by atoms with Gasteiger partial charge in [-0.25, -0.2) is 24.5 Å². The minimum absolute atomic E-state index is 0.0564. The molecule has 2 aromatic carbocycles. The van der Waals surface area contributed by atoms with E-state index in [0.29, 0.717) is 10.1 Å². The Morgan fingerprint density at radius 2 is 1.09 bits per heavy atom. The van der Waals surface area contributed by atoms with E-state index in [2.05, 4.69) is 10.6 Å². The second kappa shape index (κ2) is 22.9. The number of aliphatic carboxylic acids is 2. The monoisotopic (exact) mass is 754 g/mol. The number of unbranched alkanes of at least 4 members (excludes halogenated alkanes) is 2. The number of nitrogens with one attached hydrogen (secondary N) is 2. The summed E-state index contributed by atoms with van der Waals surface area (Å²) in [5.74, 6) is -8.05. The average Bonchev–Trinajstić information content (AvgIpc) is 3.15. The van der Waals surface area contributed by atoms with Gasteiger partial charge in [-0.1, -0.05) is 60.7 Å². The first-order valence-corrected chi connectivity index (χ1v) is 17.0. The molecule has 3 atom stereocenters. The largest absolute Gasteiger partial charge is 0.480 e. The maximum absolute atomic E-state index is 12.8. The quantitative estimate of drug-likeness (QED) is 0.0282. The van der Waals surface area contributed by atoms with Crippen LogP contribution in [0.4, 0.5) is 0 Å². The van der Waals surface area contributed by atoms with E-state index in [9.17, 15) is 59.3 Å². The summed E-state index contributed by atoms with van der Waals surface area (Å²) in [5, 5.41) is 55.3. The minimum Gasteiger partial charge on any atom is -0.480 e. The highest BCUT2D eigenvalue weighted by atomic mass is 16.5. The van der Waals surface area contributed by atoms with Crippen LogP contribution in [0.25, 0.3) is 12.2 Å². The number of esters is 1. The molecule has 2 aromatic rings. The van der Waals surface area contributed by atoms with E-state index < -0.39 is 72.1 Å². The molecule has 0 aliphatic rings. The number of hydroxylamine groups is 4. The number of nitrogens with zero attached hydrogens (tertiary/aromatic N) is 2. The number of aliphatic hydroxyl groups is 1. The van der Waals surface area contributed by atoms with E-state index in [0.717, 1.165) is 18.2 Å². The summed E-state index contributed by atoms with van der Waals surface area (Å²) in [6.45, 7) is -0.262. The van der Waals surface area contributed by atoms with Crippen LogP contribution in [-0.2, 0) is 38.3 Å². The molecule has 17 nitrogen and oxygen atoms in total. The smallest absolute Gasteiger partial charge is 0.336 e. The van der Waals surface area contributed by atoms with E-state index in [1.165, 1.54) is 24.3 Å². The Bertz CT molecular complexity index is 1630. The predicted octanol–water partition coefficient (Wildman–Crippen LogP) is 2.01. The van der Waals surface area contributed by atoms with Crippen LogP contribution in [0, 0.1) is 0 Å². The van der Waals surface area contributed by atoms with Crippen LogP contribution >= 0.6 is 0 Å². The highest BCUT2D eigenvalue weighted by Crippen LogP contribution is 2.18. The second-order valence-electron chi connectivity index (χ2n) is 12.2. The number of ether oxygens (including phenoxy) is 1. The Kier molecular flexibility index (Phi) is 18.8. The molecule has 54 heavy (non-hydrogen) atoms. The molecule has 0 saturated carbocycles. The van der Waals surface area contributed by atoms with Crippen molar-refractivity contribution in [3.8, 4) is 0 Å². The number of carbonyl (C=O) groups excluding carboxylic acids is 5. The fourth-order valence-corrected chi connectivity index (χ4v) is 4.96. The molecule has 2 unspecified atom stereocenters. The Hall–Kier alpha value is -5.91. The van der Waals surface area contributed by atoms with Crippen molar-refractivity contribution in [3.63, 3.8) is 0 Å². The lowest BCUT2D eigenvalue weighted by Gasteiger charge is -2.25. The van der Waals surface area contributed by atoms with Gasteiger partial charge in [0.1, 0.15) is 12.1 Å². The summed E-state index contributed by atoms with van der Waals surface area (Å²) in [7, 11) is 1.05. The Labute approximate surface area is 311 Å². The molecule has 0 bridgehead atoms. The maximum atomic E-state index is 12.8. The van der Waals surface area contributed by atoms with Crippen LogP contribution in [0.3, 0.4) is 0 Å². The predicted molar refractivity (Wildman–Crippen MR) is 191 cm³/mol. The first kappa shape index (κ1) is 44.3. The number of methoxy groups -OCH3 is 1. The van der Waals surface area contributed by atoms with Crippen LogP contribution in [0.2, 0.25) is 0 Å². The van der Waals surface area contributed by atoms with Crippen molar-refractivity contribution in [1.29, 1.82) is 0 Å². The number of benzene rings is 2. The molecule has 7 N–H and O–H groups in total. The van der Waals surface area contributed by atoms with Gasteiger partial charge in [-0.3, -0.25) is 29.6 Å². The third-order valence-electron chi connectivity index (χ3n) is 7.93. The third kappa shape index (κ3) is 16.2. The number of hydrogen-bond donors (Lipinski definition) is 7. The van der Waals surface area contributed by atoms with Crippen molar-refractivity contribution in [3.05, 3.63) is 83.9 Å². The molecule has 2 rings (SSSR count). The van der Waals surface area contributed by atoms with Crippen LogP contribution < -0.4 is 10.6 Å². The molecule has 4 amide bonds. The zero-order valence-electron chi connectivity index (χ0n) is 29.7. The first-order valence-electron chi connectivity index (χ1n) is 17.0. The van der Waals surface area contributed by atoms with Crippen molar-refractivity contribution in [2.24, 2.45) is 0 Å². The normalized spacial score (nSPS) is 13.3. The lowest BCUT2D eigenvalue weighted by Crippen LogP contribution is -2.51. The van der Waals surface area contributed by atoms with E-state index in [1.54, 1.807) is 54.6 Å². The molecule has 0 spiro atoms. The summed E-state index contributed by atoms with van der Waals surface area (Å²) in [6, 6.07) is 14.9. The molecule has 0 radical (unpaired) electrons. The van der Waals surface area contributed by atoms with Crippen LogP contribution in [-0.4, -0.2) is 115 Å². The SMILES string of the molecule is COC(=O)[C@H](CCCCN(O)C(=O)C=Cc1ccccc1)NC(=O)CC(O)(CC(=O)NC(CCCCN(O)C(=O)C=Cc1ccccc1)C(=O)O)C(=O)O. The molecular weight excluding hydrogens is 708 g/mol. The van der Waals surface area contributed by atoms with Crippen LogP contribution in [0.5, 0.6) is 0 Å². The lowest BCUT2D eigenvalue weighted by atomic mass is 9.94. The minimum atomic E-state index is -2.99. The number of carbonyl (C=O) groups is 7. The van der Waals surface area contributed by atoms with E-state index in [-0.39, 0.29) is 51.6 Å². The van der Waals surface area contributed by atoms with Gasteiger partial charge in [-0.05, 0) is 61.8 Å². The summed E-state index contributed by atoms with van der Waals surface area (Å²) < 4.78 is 4.69. The number of amides is 4. The fraction of sp³-hybridized carbons (Fsp3) is 0.378. The number of hydrogen-bond acceptors (Lipinski definition) is 11. The third-order valence-corrected chi connectivity index (χ3v) is 7.93. The van der Waals surface area contributed by atoms with Crippen molar-refractivity contribution in [1.82, 2.24) is 20.8 Å². The number of carboxylic acid groups (broad SMARTS) is 2. The molecule has 0 heterocycles. The molecular formula is C37H46N4O13. The highest BCUT2D eigenvalue weighted by molar-refractivity contribution is 5.94. The second-order valence-corrected chi connectivity index (χ2v) is 12.2. The van der Waals surface area contributed by atoms with Gasteiger partial charge in [0.05, 0.1) is 20.0 Å². The van der Waals surface area contributed by atoms with Crippen molar-refractivity contribution < 1.29 is 64.0 Å². The summed E-state index contributed by atoms with van der Waals surface area (Å²) in [5.41, 5.74) is -1.51. The van der Waals surface area contributed by atoms with Crippen LogP contribution in [0.15, 0.2) is 72.8 Å². The summed E-state index contributed by atoms with van der Waals surface area (Å²) in [4.78, 5) is 85.8. The van der Waals surface area contributed by atoms with Gasteiger partial charge in [0.15, 0.2) is 5.60 Å². The van der Waals surface area contributed by atoms with Crippen LogP contribution in [0.1, 0.15) is 62.5 Å². The Morgan fingerprint density at radius 3 is 1.48 bits per heavy atom. The van der Waals surface area contributed by atoms with Gasteiger partial charge in [0, 0.05) is 25.2 Å². The average molecular weight is 755 g/mol. The van der Waals surface area contributed by atoms with Gasteiger partial charge >= 0.3 is 17.9 Å². The van der Waals surface area contributed by atoms with Gasteiger partial charge in [-0.2, -0.15) is 0 Å². The Balaban J connectivity index is 1.85. The van der Waals surface area contributed by atoms with Crippen molar-refractivity contribution in [2.75, 3.05) is 20.2 Å². The molecule has 0 aliphatic carbocycles. The summed E-state index contributed by atoms with van der Waals surface area (Å²) >= 11 is 0. The topological polar surface area (TPSA) is 260 Å². The van der Waals surface area contributed by atoms with Gasteiger partial charge in [0.25, 0.3) is 11.8 Å². The molecule has 0 fully saturated rings. The van der Waals surface area contributed by atoms with Crippen molar-refractivity contribution >= 4 is 53.7 Å². The van der Waals surface area contributed by atoms with Gasteiger partial charge in [0.2, 0.25) is 11.8 Å². The number of carboxylic acids is 2. The van der Waals surface area contributed by atoms with E-state index in [4.69, 9.17) is 4.74 Å². The first-order chi connectivity index (χ1) is 25.6. The molecule has 0 saturated heterocycles. The maximum Gasteiger partial charge on any atom is 0.336 e. The zero-order chi connectivity index (χ0) is 40.1. The summed E-state index contributed by atoms with van der Waals surface area (Å²) in [6.07, 6.45) is 3.38. The fourth-order valence-electron chi connectivity index (χ4n) is 4.96. The molecule has 292 valence electrons. The van der Waals surface area contributed by atoms with E-state index >= 15 is 0 Å². The van der Waals surface area contributed by atoms with Gasteiger partial charge in [-0.15, -0.1) is 0 Å². The Morgan fingerprint density at radius 1 is 0.685 bits per heavy atom. The van der Waals surface area contributed by atoms with Gasteiger partial charge < -0.3 is 30.7 Å². The lowest BCUT2D eigenvalue weighted by molar-refractivity contribution is -0.165. The molecule has 0 aromatic heterocycles. The zero-order valence-corrected chi connectivity index (χ0v) is 29.7.